The Morgan fingerprint density at radius 1 is 1.16 bits per heavy atom. The summed E-state index contributed by atoms with van der Waals surface area (Å²) in [6.45, 7) is 1.81. The van der Waals surface area contributed by atoms with Gasteiger partial charge >= 0.3 is 0 Å². The molecule has 2 aromatic carbocycles. The maximum atomic E-state index is 12.5. The van der Waals surface area contributed by atoms with Crippen LogP contribution in [-0.2, 0) is 0 Å². The fraction of sp³-hybridized carbons (Fsp3) is 0.0714. The lowest BCUT2D eigenvalue weighted by Gasteiger charge is -2.09. The van der Waals surface area contributed by atoms with Crippen LogP contribution in [0.2, 0.25) is 10.0 Å². The smallest absolute Gasteiger partial charge is 0.193 e. The van der Waals surface area contributed by atoms with E-state index in [1.807, 2.05) is 6.92 Å². The maximum Gasteiger partial charge on any atom is 0.193 e. The molecule has 5 heteroatoms. The van der Waals surface area contributed by atoms with Crippen LogP contribution < -0.4 is 5.73 Å². The Morgan fingerprint density at radius 2 is 1.84 bits per heavy atom. The Balaban J connectivity index is 2.53. The van der Waals surface area contributed by atoms with Crippen molar-refractivity contribution in [3.05, 3.63) is 61.5 Å². The number of hydrogen-bond donors (Lipinski definition) is 1. The number of carbonyl (C=O) groups is 1. The third-order valence-corrected chi connectivity index (χ3v) is 4.04. The van der Waals surface area contributed by atoms with Crippen molar-refractivity contribution in [3.8, 4) is 0 Å². The van der Waals surface area contributed by atoms with E-state index in [9.17, 15) is 4.79 Å². The van der Waals surface area contributed by atoms with E-state index in [1.165, 1.54) is 0 Å². The molecule has 19 heavy (non-hydrogen) atoms. The standard InChI is InChI=1S/C14H10BrCl2NO/c1-7-10(5-9(15)6-13(7)18)14(19)8-2-3-11(16)12(17)4-8/h2-6H,18H2,1H3. The van der Waals surface area contributed by atoms with Gasteiger partial charge in [0.1, 0.15) is 0 Å². The Morgan fingerprint density at radius 3 is 2.47 bits per heavy atom. The number of benzene rings is 2. The molecular formula is C14H10BrCl2NO. The van der Waals surface area contributed by atoms with Gasteiger partial charge in [0.05, 0.1) is 10.0 Å². The van der Waals surface area contributed by atoms with E-state index in [2.05, 4.69) is 15.9 Å². The number of nitrogen functional groups attached to an aromatic ring is 1. The minimum atomic E-state index is -0.135. The van der Waals surface area contributed by atoms with Crippen LogP contribution in [-0.4, -0.2) is 5.78 Å². The van der Waals surface area contributed by atoms with E-state index in [4.69, 9.17) is 28.9 Å². The Hall–Kier alpha value is -1.03. The molecule has 0 aromatic heterocycles. The minimum Gasteiger partial charge on any atom is -0.398 e. The van der Waals surface area contributed by atoms with Crippen molar-refractivity contribution >= 4 is 50.6 Å². The summed E-state index contributed by atoms with van der Waals surface area (Å²) < 4.78 is 0.763. The van der Waals surface area contributed by atoms with Crippen LogP contribution in [0.25, 0.3) is 0 Å². The molecule has 2 nitrogen and oxygen atoms in total. The molecule has 0 radical (unpaired) electrons. The summed E-state index contributed by atoms with van der Waals surface area (Å²) in [6, 6.07) is 8.32. The Labute approximate surface area is 129 Å². The van der Waals surface area contributed by atoms with Crippen LogP contribution in [0.4, 0.5) is 5.69 Å². The third-order valence-electron chi connectivity index (χ3n) is 2.84. The lowest BCUT2D eigenvalue weighted by molar-refractivity contribution is 0.103. The van der Waals surface area contributed by atoms with Crippen molar-refractivity contribution in [2.45, 2.75) is 6.92 Å². The average molecular weight is 359 g/mol. The van der Waals surface area contributed by atoms with Crippen molar-refractivity contribution in [2.24, 2.45) is 0 Å². The first-order valence-electron chi connectivity index (χ1n) is 5.45. The van der Waals surface area contributed by atoms with E-state index in [1.54, 1.807) is 30.3 Å². The normalized spacial score (nSPS) is 10.5. The first kappa shape index (κ1) is 14.4. The number of nitrogens with two attached hydrogens (primary N) is 1. The zero-order valence-corrected chi connectivity index (χ0v) is 13.1. The number of hydrogen-bond acceptors (Lipinski definition) is 2. The van der Waals surface area contributed by atoms with Gasteiger partial charge in [-0.05, 0) is 42.8 Å². The van der Waals surface area contributed by atoms with Gasteiger partial charge in [-0.25, -0.2) is 0 Å². The summed E-state index contributed by atoms with van der Waals surface area (Å²) in [6.07, 6.45) is 0. The number of rotatable bonds is 2. The van der Waals surface area contributed by atoms with Crippen LogP contribution in [0.1, 0.15) is 21.5 Å². The molecule has 0 fully saturated rings. The Bertz CT molecular complexity index is 671. The topological polar surface area (TPSA) is 43.1 Å². The second-order valence-electron chi connectivity index (χ2n) is 4.13. The molecule has 0 aliphatic rings. The predicted molar refractivity (Wildman–Crippen MR) is 83.2 cm³/mol. The first-order chi connectivity index (χ1) is 8.90. The molecule has 0 saturated carbocycles. The highest BCUT2D eigenvalue weighted by Gasteiger charge is 2.15. The number of carbonyl (C=O) groups excluding carboxylic acids is 1. The van der Waals surface area contributed by atoms with Gasteiger partial charge in [-0.3, -0.25) is 4.79 Å². The summed E-state index contributed by atoms with van der Waals surface area (Å²) in [5, 5.41) is 0.775. The third kappa shape index (κ3) is 2.94. The molecule has 0 unspecified atom stereocenters. The van der Waals surface area contributed by atoms with Crippen LogP contribution in [0.15, 0.2) is 34.8 Å². The summed E-state index contributed by atoms with van der Waals surface area (Å²) in [7, 11) is 0. The summed E-state index contributed by atoms with van der Waals surface area (Å²) in [4.78, 5) is 12.5. The van der Waals surface area contributed by atoms with E-state index >= 15 is 0 Å². The molecule has 0 heterocycles. The minimum absolute atomic E-state index is 0.135. The second kappa shape index (κ2) is 5.53. The fourth-order valence-electron chi connectivity index (χ4n) is 1.73. The van der Waals surface area contributed by atoms with Gasteiger partial charge in [0, 0.05) is 21.3 Å². The first-order valence-corrected chi connectivity index (χ1v) is 7.00. The van der Waals surface area contributed by atoms with Crippen molar-refractivity contribution < 1.29 is 4.79 Å². The molecule has 0 spiro atoms. The van der Waals surface area contributed by atoms with Crippen molar-refractivity contribution in [1.82, 2.24) is 0 Å². The number of anilines is 1. The quantitative estimate of drug-likeness (QED) is 0.614. The molecule has 2 N–H and O–H groups in total. The zero-order valence-electron chi connectivity index (χ0n) is 10.0. The van der Waals surface area contributed by atoms with Crippen LogP contribution in [0, 0.1) is 6.92 Å². The highest BCUT2D eigenvalue weighted by atomic mass is 79.9. The van der Waals surface area contributed by atoms with Crippen LogP contribution in [0.5, 0.6) is 0 Å². The van der Waals surface area contributed by atoms with Gasteiger partial charge < -0.3 is 5.73 Å². The lowest BCUT2D eigenvalue weighted by Crippen LogP contribution is -2.06. The van der Waals surface area contributed by atoms with Gasteiger partial charge in [-0.15, -0.1) is 0 Å². The van der Waals surface area contributed by atoms with Gasteiger partial charge in [0.25, 0.3) is 0 Å². The van der Waals surface area contributed by atoms with Gasteiger partial charge in [0.15, 0.2) is 5.78 Å². The molecule has 2 aromatic rings. The van der Waals surface area contributed by atoms with Gasteiger partial charge in [-0.1, -0.05) is 39.1 Å². The molecule has 0 aliphatic carbocycles. The molecule has 0 amide bonds. The predicted octanol–water partition coefficient (Wildman–Crippen LogP) is 4.88. The highest BCUT2D eigenvalue weighted by molar-refractivity contribution is 9.10. The summed E-state index contributed by atoms with van der Waals surface area (Å²) in [5.41, 5.74) is 8.21. The van der Waals surface area contributed by atoms with E-state index < -0.39 is 0 Å². The van der Waals surface area contributed by atoms with E-state index in [-0.39, 0.29) is 5.78 Å². The van der Waals surface area contributed by atoms with Crippen molar-refractivity contribution in [2.75, 3.05) is 5.73 Å². The van der Waals surface area contributed by atoms with Gasteiger partial charge in [0.2, 0.25) is 0 Å². The monoisotopic (exact) mass is 357 g/mol. The maximum absolute atomic E-state index is 12.5. The summed E-state index contributed by atoms with van der Waals surface area (Å²) >= 11 is 15.1. The molecule has 0 saturated heterocycles. The van der Waals surface area contributed by atoms with Crippen molar-refractivity contribution in [1.29, 1.82) is 0 Å². The molecule has 0 bridgehead atoms. The van der Waals surface area contributed by atoms with Crippen LogP contribution in [0.3, 0.4) is 0 Å². The average Bonchev–Trinajstić information content (AvgIpc) is 2.36. The molecular weight excluding hydrogens is 349 g/mol. The van der Waals surface area contributed by atoms with Gasteiger partial charge in [-0.2, -0.15) is 0 Å². The molecule has 0 atom stereocenters. The SMILES string of the molecule is Cc1c(N)cc(Br)cc1C(=O)c1ccc(Cl)c(Cl)c1. The lowest BCUT2D eigenvalue weighted by atomic mass is 9.98. The van der Waals surface area contributed by atoms with Crippen molar-refractivity contribution in [3.63, 3.8) is 0 Å². The summed E-state index contributed by atoms with van der Waals surface area (Å²) in [5.74, 6) is -0.135. The second-order valence-corrected chi connectivity index (χ2v) is 5.86. The largest absolute Gasteiger partial charge is 0.398 e. The highest BCUT2D eigenvalue weighted by Crippen LogP contribution is 2.27. The van der Waals surface area contributed by atoms with E-state index in [0.717, 1.165) is 10.0 Å². The molecule has 98 valence electrons. The number of ketones is 1. The zero-order chi connectivity index (χ0) is 14.2. The van der Waals surface area contributed by atoms with Crippen LogP contribution >= 0.6 is 39.1 Å². The fourth-order valence-corrected chi connectivity index (χ4v) is 2.50. The van der Waals surface area contributed by atoms with E-state index in [0.29, 0.717) is 26.9 Å². The molecule has 0 aliphatic heterocycles. The number of halogens is 3. The molecule has 2 rings (SSSR count). The Kier molecular flexibility index (Phi) is 4.19.